The molecular formula is C12H20N6O3. The van der Waals surface area contributed by atoms with Crippen LogP contribution in [0.1, 0.15) is 12.8 Å². The highest BCUT2D eigenvalue weighted by Gasteiger charge is 2.12. The fourth-order valence-corrected chi connectivity index (χ4v) is 2.01. The summed E-state index contributed by atoms with van der Waals surface area (Å²) in [7, 11) is 1.60. The lowest BCUT2D eigenvalue weighted by molar-refractivity contribution is 0.190. The number of imidazole rings is 1. The lowest BCUT2D eigenvalue weighted by Crippen LogP contribution is -2.30. The molecule has 0 aliphatic rings. The highest BCUT2D eigenvalue weighted by atomic mass is 16.5. The maximum absolute atomic E-state index is 11.9. The van der Waals surface area contributed by atoms with E-state index in [9.17, 15) is 9.59 Å². The van der Waals surface area contributed by atoms with Gasteiger partial charge in [-0.05, 0) is 19.4 Å². The van der Waals surface area contributed by atoms with Crippen molar-refractivity contribution in [2.24, 2.45) is 5.73 Å². The van der Waals surface area contributed by atoms with Crippen molar-refractivity contribution in [3.8, 4) is 0 Å². The van der Waals surface area contributed by atoms with Gasteiger partial charge < -0.3 is 20.8 Å². The van der Waals surface area contributed by atoms with Crippen molar-refractivity contribution in [1.29, 1.82) is 0 Å². The molecule has 0 aliphatic carbocycles. The van der Waals surface area contributed by atoms with Gasteiger partial charge in [0.05, 0.1) is 0 Å². The van der Waals surface area contributed by atoms with E-state index in [-0.39, 0.29) is 5.52 Å². The predicted octanol–water partition coefficient (Wildman–Crippen LogP) is -0.790. The van der Waals surface area contributed by atoms with Crippen LogP contribution in [0.5, 0.6) is 0 Å². The number of H-pyrrole nitrogens is 2. The van der Waals surface area contributed by atoms with Crippen LogP contribution in [0.25, 0.3) is 11.2 Å². The molecule has 0 spiro atoms. The first-order chi connectivity index (χ1) is 10.2. The minimum atomic E-state index is -0.475. The zero-order valence-corrected chi connectivity index (χ0v) is 11.9. The van der Waals surface area contributed by atoms with Crippen molar-refractivity contribution in [3.05, 3.63) is 20.8 Å². The largest absolute Gasteiger partial charge is 0.385 e. The van der Waals surface area contributed by atoms with Gasteiger partial charge in [-0.2, -0.15) is 4.98 Å². The zero-order valence-electron chi connectivity index (χ0n) is 11.9. The lowest BCUT2D eigenvalue weighted by atomic mass is 10.4. The second kappa shape index (κ2) is 7.04. The highest BCUT2D eigenvalue weighted by Crippen LogP contribution is 2.09. The summed E-state index contributed by atoms with van der Waals surface area (Å²) in [5.41, 5.74) is 5.10. The summed E-state index contributed by atoms with van der Waals surface area (Å²) in [4.78, 5) is 33.1. The van der Waals surface area contributed by atoms with E-state index in [1.807, 2.05) is 0 Å². The summed E-state index contributed by atoms with van der Waals surface area (Å²) in [5.74, 6) is 0.454. The molecule has 0 radical (unpaired) electrons. The molecule has 0 aliphatic heterocycles. The number of ether oxygens (including phenoxy) is 1. The summed E-state index contributed by atoms with van der Waals surface area (Å²) < 4.78 is 6.40. The van der Waals surface area contributed by atoms with E-state index in [0.717, 1.165) is 6.42 Å². The summed E-state index contributed by atoms with van der Waals surface area (Å²) in [6.45, 7) is 2.16. The molecule has 5 N–H and O–H groups in total. The number of hydrogen-bond donors (Lipinski definition) is 4. The molecule has 0 fully saturated rings. The Morgan fingerprint density at radius 2 is 2.14 bits per heavy atom. The van der Waals surface area contributed by atoms with E-state index in [4.69, 9.17) is 10.5 Å². The zero-order chi connectivity index (χ0) is 15.2. The van der Waals surface area contributed by atoms with E-state index in [0.29, 0.717) is 44.3 Å². The second-order valence-electron chi connectivity index (χ2n) is 4.61. The van der Waals surface area contributed by atoms with Crippen LogP contribution in [0.15, 0.2) is 9.59 Å². The van der Waals surface area contributed by atoms with Gasteiger partial charge in [0.2, 0.25) is 5.95 Å². The number of nitrogens with two attached hydrogens (primary N) is 1. The van der Waals surface area contributed by atoms with Crippen LogP contribution < -0.4 is 22.3 Å². The first-order valence-corrected chi connectivity index (χ1v) is 6.83. The summed E-state index contributed by atoms with van der Waals surface area (Å²) >= 11 is 0. The number of methoxy groups -OCH3 is 1. The molecule has 0 bridgehead atoms. The number of rotatable bonds is 8. The van der Waals surface area contributed by atoms with Gasteiger partial charge in [0.15, 0.2) is 11.2 Å². The Hall–Kier alpha value is -2.13. The lowest BCUT2D eigenvalue weighted by Gasteiger charge is -2.04. The number of anilines is 1. The van der Waals surface area contributed by atoms with Crippen LogP contribution in [-0.4, -0.2) is 46.3 Å². The Morgan fingerprint density at radius 3 is 2.86 bits per heavy atom. The minimum absolute atomic E-state index is 0.280. The van der Waals surface area contributed by atoms with Crippen molar-refractivity contribution >= 4 is 17.1 Å². The third-order valence-corrected chi connectivity index (χ3v) is 3.04. The van der Waals surface area contributed by atoms with Crippen LogP contribution in [0.3, 0.4) is 0 Å². The van der Waals surface area contributed by atoms with Gasteiger partial charge in [-0.3, -0.25) is 14.3 Å². The van der Waals surface area contributed by atoms with Crippen molar-refractivity contribution in [2.45, 2.75) is 19.4 Å². The van der Waals surface area contributed by atoms with E-state index in [1.165, 1.54) is 4.57 Å². The average molecular weight is 296 g/mol. The molecule has 0 saturated carbocycles. The fraction of sp³-hybridized carbons (Fsp3) is 0.583. The topological polar surface area (TPSA) is 131 Å². The number of aromatic amines is 2. The molecule has 21 heavy (non-hydrogen) atoms. The number of aryl methyl sites for hydroxylation is 1. The molecule has 0 amide bonds. The number of hydrogen-bond acceptors (Lipinski definition) is 6. The van der Waals surface area contributed by atoms with Gasteiger partial charge in [0.1, 0.15) is 0 Å². The number of fused-ring (bicyclic) bond motifs is 1. The van der Waals surface area contributed by atoms with Crippen molar-refractivity contribution in [3.63, 3.8) is 0 Å². The standard InChI is InChI=1S/C12H20N6O3/c1-21-7-3-6-18-9-8(10(19)17-12(18)20)15-11(16-9)14-5-2-4-13/h2-7,13H2,1H3,(H2,14,15,16)(H,17,19,20). The average Bonchev–Trinajstić information content (AvgIpc) is 2.87. The Labute approximate surface area is 120 Å². The number of nitrogens with one attached hydrogen (secondary N) is 3. The third-order valence-electron chi connectivity index (χ3n) is 3.04. The minimum Gasteiger partial charge on any atom is -0.385 e. The molecule has 0 atom stereocenters. The van der Waals surface area contributed by atoms with E-state index in [1.54, 1.807) is 7.11 Å². The van der Waals surface area contributed by atoms with Crippen LogP contribution in [0.2, 0.25) is 0 Å². The molecule has 2 heterocycles. The quantitative estimate of drug-likeness (QED) is 0.472. The summed E-state index contributed by atoms with van der Waals surface area (Å²) in [5, 5.41) is 3.04. The van der Waals surface area contributed by atoms with Crippen LogP contribution in [-0.2, 0) is 11.3 Å². The molecular weight excluding hydrogens is 276 g/mol. The van der Waals surface area contributed by atoms with Crippen molar-refractivity contribution in [1.82, 2.24) is 19.5 Å². The summed E-state index contributed by atoms with van der Waals surface area (Å²) in [6.07, 6.45) is 1.44. The van der Waals surface area contributed by atoms with Crippen LogP contribution in [0, 0.1) is 0 Å². The van der Waals surface area contributed by atoms with Crippen LogP contribution in [0.4, 0.5) is 5.95 Å². The number of aromatic nitrogens is 4. The molecule has 0 aromatic carbocycles. The first-order valence-electron chi connectivity index (χ1n) is 6.83. The Morgan fingerprint density at radius 1 is 1.33 bits per heavy atom. The Balaban J connectivity index is 2.33. The fourth-order valence-electron chi connectivity index (χ4n) is 2.01. The van der Waals surface area contributed by atoms with Gasteiger partial charge in [-0.1, -0.05) is 0 Å². The van der Waals surface area contributed by atoms with Gasteiger partial charge in [-0.25, -0.2) is 4.79 Å². The van der Waals surface area contributed by atoms with Gasteiger partial charge in [-0.15, -0.1) is 0 Å². The third kappa shape index (κ3) is 3.50. The van der Waals surface area contributed by atoms with E-state index < -0.39 is 11.2 Å². The highest BCUT2D eigenvalue weighted by molar-refractivity contribution is 5.72. The molecule has 0 saturated heterocycles. The molecule has 2 aromatic heterocycles. The van der Waals surface area contributed by atoms with Crippen LogP contribution >= 0.6 is 0 Å². The molecule has 9 nitrogen and oxygen atoms in total. The maximum Gasteiger partial charge on any atom is 0.330 e. The van der Waals surface area contributed by atoms with Gasteiger partial charge >= 0.3 is 5.69 Å². The predicted molar refractivity (Wildman–Crippen MR) is 79.6 cm³/mol. The normalized spacial score (nSPS) is 11.1. The molecule has 2 aromatic rings. The smallest absolute Gasteiger partial charge is 0.330 e. The van der Waals surface area contributed by atoms with Crippen molar-refractivity contribution in [2.75, 3.05) is 32.1 Å². The molecule has 2 rings (SSSR count). The second-order valence-corrected chi connectivity index (χ2v) is 4.61. The van der Waals surface area contributed by atoms with Crippen molar-refractivity contribution < 1.29 is 4.74 Å². The van der Waals surface area contributed by atoms with Gasteiger partial charge in [0, 0.05) is 26.8 Å². The maximum atomic E-state index is 11.9. The molecule has 116 valence electrons. The monoisotopic (exact) mass is 296 g/mol. The summed E-state index contributed by atoms with van der Waals surface area (Å²) in [6, 6.07) is 0. The first kappa shape index (κ1) is 15.3. The molecule has 0 unspecified atom stereocenters. The van der Waals surface area contributed by atoms with Gasteiger partial charge in [0.25, 0.3) is 5.56 Å². The SMILES string of the molecule is COCCCn1c(=O)[nH]c(=O)c2[nH]c(NCCCN)nc21. The van der Waals surface area contributed by atoms with E-state index >= 15 is 0 Å². The Bertz CT molecular complexity index is 701. The Kier molecular flexibility index (Phi) is 5.12. The van der Waals surface area contributed by atoms with E-state index in [2.05, 4.69) is 20.3 Å². The molecule has 9 heteroatoms. The number of nitrogens with zero attached hydrogens (tertiary/aromatic N) is 2.